The Labute approximate surface area is 309 Å². The minimum absolute atomic E-state index is 0.215. The monoisotopic (exact) mass is 725 g/mol. The van der Waals surface area contributed by atoms with Gasteiger partial charge in [-0.25, -0.2) is 0 Å². The van der Waals surface area contributed by atoms with Crippen molar-refractivity contribution in [1.82, 2.24) is 4.90 Å². The summed E-state index contributed by atoms with van der Waals surface area (Å²) in [4.78, 5) is 20.3. The molecule has 290 valence electrons. The molecule has 2 unspecified atom stereocenters. The molecular formula is C40H82Cl2N2O4. The molecular weight excluding hydrogens is 643 g/mol. The number of aliphatic carboxylic acids is 2. The van der Waals surface area contributed by atoms with Gasteiger partial charge in [0.25, 0.3) is 11.9 Å². The highest BCUT2D eigenvalue weighted by Crippen LogP contribution is 2.27. The molecule has 0 radical (unpaired) electrons. The maximum Gasteiger partial charge on any atom is 0.300 e. The number of nitrogens with two attached hydrogens (primary N) is 1. The highest BCUT2D eigenvalue weighted by atomic mass is 35.5. The first-order valence-electron chi connectivity index (χ1n) is 20.2. The normalized spacial score (nSPS) is 12.9. The molecule has 2 atom stereocenters. The predicted octanol–water partition coefficient (Wildman–Crippen LogP) is 13.3. The third-order valence-electron chi connectivity index (χ3n) is 8.85. The predicted molar refractivity (Wildman–Crippen MR) is 212 cm³/mol. The van der Waals surface area contributed by atoms with Crippen LogP contribution in [0.4, 0.5) is 0 Å². The van der Waals surface area contributed by atoms with Crippen molar-refractivity contribution in [2.75, 3.05) is 13.1 Å². The van der Waals surface area contributed by atoms with E-state index in [1.165, 1.54) is 180 Å². The molecule has 0 aliphatic carbocycles. The maximum absolute atomic E-state index is 9.00. The van der Waals surface area contributed by atoms with Crippen LogP contribution in [0.2, 0.25) is 0 Å². The summed E-state index contributed by atoms with van der Waals surface area (Å²) in [5.74, 6) is -1.67. The van der Waals surface area contributed by atoms with Crippen LogP contribution in [0, 0.1) is 0 Å². The number of carboxylic acid groups (broad SMARTS) is 2. The Balaban J connectivity index is -0.00000226. The van der Waals surface area contributed by atoms with Gasteiger partial charge in [0.1, 0.15) is 0 Å². The van der Waals surface area contributed by atoms with E-state index in [0.29, 0.717) is 0 Å². The first kappa shape index (κ1) is 51.8. The van der Waals surface area contributed by atoms with E-state index in [-0.39, 0.29) is 5.38 Å². The van der Waals surface area contributed by atoms with Gasteiger partial charge >= 0.3 is 0 Å². The zero-order valence-corrected chi connectivity index (χ0v) is 34.0. The summed E-state index contributed by atoms with van der Waals surface area (Å²) >= 11 is 13.4. The standard InChI is InChI=1S/C36H74Cl2N2.2C2H4O2/c1-4-7-9-11-13-15-17-19-21-23-25-27-29-31-33-40(36(38,39)35(37)6-3)34-32-30-28-26-24-22-20-18-16-14-12-10-8-5-2;2*1-2(3)4/h35H,4-34,39H2,1-3H3;2*1H3,(H,3,4). The third kappa shape index (κ3) is 43.5. The van der Waals surface area contributed by atoms with Crippen LogP contribution in [0.1, 0.15) is 221 Å². The number of carboxylic acids is 2. The Kier molecular flexibility index (Phi) is 44.1. The molecule has 6 nitrogen and oxygen atoms in total. The Morgan fingerprint density at radius 1 is 0.521 bits per heavy atom. The quantitative estimate of drug-likeness (QED) is 0.0269. The SMILES string of the molecule is CC(=O)O.CC(=O)O.CCCCCCCCCCCCCCCCN(CCCCCCCCCCCCCCCC)C(N)(Cl)C(Cl)CC. The Morgan fingerprint density at radius 3 is 0.896 bits per heavy atom. The van der Waals surface area contributed by atoms with Gasteiger partial charge in [-0.05, 0) is 19.3 Å². The lowest BCUT2D eigenvalue weighted by Gasteiger charge is -2.39. The van der Waals surface area contributed by atoms with Crippen LogP contribution < -0.4 is 5.73 Å². The highest BCUT2D eigenvalue weighted by molar-refractivity contribution is 6.31. The molecule has 0 saturated heterocycles. The molecule has 0 aromatic heterocycles. The van der Waals surface area contributed by atoms with Crippen molar-refractivity contribution in [3.63, 3.8) is 0 Å². The summed E-state index contributed by atoms with van der Waals surface area (Å²) in [5, 5.41) is 13.7. The summed E-state index contributed by atoms with van der Waals surface area (Å²) in [6, 6.07) is 0. The Morgan fingerprint density at radius 2 is 0.708 bits per heavy atom. The van der Waals surface area contributed by atoms with Crippen LogP contribution in [0.3, 0.4) is 0 Å². The Bertz CT molecular complexity index is 615. The van der Waals surface area contributed by atoms with Crippen molar-refractivity contribution >= 4 is 35.1 Å². The molecule has 0 rings (SSSR count). The van der Waals surface area contributed by atoms with Gasteiger partial charge in [0, 0.05) is 26.9 Å². The number of carbonyl (C=O) groups is 2. The molecule has 0 saturated carbocycles. The average molecular weight is 726 g/mol. The molecule has 4 N–H and O–H groups in total. The fourth-order valence-corrected chi connectivity index (χ4v) is 6.39. The lowest BCUT2D eigenvalue weighted by atomic mass is 10.0. The molecule has 0 aliphatic rings. The number of rotatable bonds is 33. The van der Waals surface area contributed by atoms with Crippen LogP contribution in [0.15, 0.2) is 0 Å². The van der Waals surface area contributed by atoms with Crippen molar-refractivity contribution in [2.45, 2.75) is 231 Å². The van der Waals surface area contributed by atoms with E-state index in [2.05, 4.69) is 25.7 Å². The average Bonchev–Trinajstić information content (AvgIpc) is 3.03. The topological polar surface area (TPSA) is 104 Å². The largest absolute Gasteiger partial charge is 0.481 e. The molecule has 0 aromatic carbocycles. The molecule has 0 bridgehead atoms. The van der Waals surface area contributed by atoms with Gasteiger partial charge in [-0.3, -0.25) is 20.2 Å². The van der Waals surface area contributed by atoms with Crippen LogP contribution >= 0.6 is 23.2 Å². The van der Waals surface area contributed by atoms with Crippen LogP contribution in [-0.4, -0.2) is 50.6 Å². The number of hydrogen-bond donors (Lipinski definition) is 3. The molecule has 0 aliphatic heterocycles. The lowest BCUT2D eigenvalue weighted by Crippen LogP contribution is -2.58. The Hall–Kier alpha value is -0.560. The van der Waals surface area contributed by atoms with Gasteiger partial charge in [-0.2, -0.15) is 0 Å². The van der Waals surface area contributed by atoms with Crippen molar-refractivity contribution in [3.05, 3.63) is 0 Å². The summed E-state index contributed by atoms with van der Waals surface area (Å²) in [5.41, 5.74) is 6.58. The van der Waals surface area contributed by atoms with Crippen LogP contribution in [0.5, 0.6) is 0 Å². The van der Waals surface area contributed by atoms with Crippen LogP contribution in [0.25, 0.3) is 0 Å². The van der Waals surface area contributed by atoms with Gasteiger partial charge in [0.2, 0.25) is 0 Å². The summed E-state index contributed by atoms with van der Waals surface area (Å²) in [6.07, 6.45) is 39.5. The number of nitrogens with zero attached hydrogens (tertiary/aromatic N) is 1. The number of hydrogen-bond acceptors (Lipinski definition) is 4. The second-order valence-electron chi connectivity index (χ2n) is 13.8. The van der Waals surface area contributed by atoms with E-state index in [1.54, 1.807) is 0 Å². The fourth-order valence-electron chi connectivity index (χ4n) is 5.93. The summed E-state index contributed by atoms with van der Waals surface area (Å²) in [6.45, 7) is 10.8. The second-order valence-corrected chi connectivity index (χ2v) is 15.0. The van der Waals surface area contributed by atoms with E-state index < -0.39 is 17.1 Å². The minimum Gasteiger partial charge on any atom is -0.481 e. The van der Waals surface area contributed by atoms with Crippen molar-refractivity contribution in [2.24, 2.45) is 5.73 Å². The zero-order valence-electron chi connectivity index (χ0n) is 32.5. The first-order chi connectivity index (χ1) is 23.0. The minimum atomic E-state index is -0.927. The van der Waals surface area contributed by atoms with Crippen molar-refractivity contribution in [1.29, 1.82) is 0 Å². The number of unbranched alkanes of at least 4 members (excludes halogenated alkanes) is 26. The van der Waals surface area contributed by atoms with E-state index in [1.807, 2.05) is 0 Å². The van der Waals surface area contributed by atoms with Gasteiger partial charge in [-0.15, -0.1) is 11.6 Å². The van der Waals surface area contributed by atoms with E-state index >= 15 is 0 Å². The molecule has 0 spiro atoms. The fraction of sp³-hybridized carbons (Fsp3) is 0.950. The van der Waals surface area contributed by atoms with E-state index in [9.17, 15) is 0 Å². The smallest absolute Gasteiger partial charge is 0.300 e. The van der Waals surface area contributed by atoms with Crippen molar-refractivity contribution in [3.8, 4) is 0 Å². The van der Waals surface area contributed by atoms with E-state index in [4.69, 9.17) is 48.7 Å². The summed E-state index contributed by atoms with van der Waals surface area (Å²) in [7, 11) is 0. The van der Waals surface area contributed by atoms with Gasteiger partial charge < -0.3 is 10.2 Å². The second kappa shape index (κ2) is 40.9. The number of halogens is 2. The van der Waals surface area contributed by atoms with Gasteiger partial charge in [0.15, 0.2) is 5.12 Å². The number of alkyl halides is 2. The van der Waals surface area contributed by atoms with Gasteiger partial charge in [-0.1, -0.05) is 199 Å². The molecule has 8 heteroatoms. The third-order valence-corrected chi connectivity index (χ3v) is 10.1. The molecule has 0 amide bonds. The zero-order chi connectivity index (χ0) is 36.7. The van der Waals surface area contributed by atoms with E-state index in [0.717, 1.165) is 33.4 Å². The highest BCUT2D eigenvalue weighted by Gasteiger charge is 2.36. The molecule has 0 heterocycles. The van der Waals surface area contributed by atoms with Crippen molar-refractivity contribution < 1.29 is 19.8 Å². The molecule has 48 heavy (non-hydrogen) atoms. The molecule has 0 aromatic rings. The molecule has 0 fully saturated rings. The lowest BCUT2D eigenvalue weighted by molar-refractivity contribution is -0.135. The van der Waals surface area contributed by atoms with Crippen LogP contribution in [-0.2, 0) is 9.59 Å². The van der Waals surface area contributed by atoms with Gasteiger partial charge in [0.05, 0.1) is 5.38 Å². The summed E-state index contributed by atoms with van der Waals surface area (Å²) < 4.78 is 0. The first-order valence-corrected chi connectivity index (χ1v) is 21.0. The maximum atomic E-state index is 9.00.